The van der Waals surface area contributed by atoms with Gasteiger partial charge >= 0.3 is 11.4 Å². The molecule has 348 valence electrons. The molecule has 0 bridgehead atoms. The number of hydrogen-bond acceptors (Lipinski definition) is 10. The summed E-state index contributed by atoms with van der Waals surface area (Å²) in [5.74, 6) is 0. The number of hydrogen-bond donors (Lipinski definition) is 1. The highest BCUT2D eigenvalue weighted by molar-refractivity contribution is 6.62. The van der Waals surface area contributed by atoms with Crippen LogP contribution in [0, 0.1) is 0 Å². The topological polar surface area (TPSA) is 131 Å². The summed E-state index contributed by atoms with van der Waals surface area (Å²) in [5, 5.41) is 10.9. The van der Waals surface area contributed by atoms with E-state index >= 15 is 0 Å². The van der Waals surface area contributed by atoms with Crippen LogP contribution in [0.2, 0.25) is 10.0 Å². The van der Waals surface area contributed by atoms with Crippen molar-refractivity contribution in [3.63, 3.8) is 0 Å². The van der Waals surface area contributed by atoms with E-state index in [-0.39, 0.29) is 23.5 Å². The zero-order valence-electron chi connectivity index (χ0n) is 36.9. The maximum absolute atomic E-state index is 12.8. The maximum atomic E-state index is 12.8. The number of aromatic amines is 1. The van der Waals surface area contributed by atoms with Gasteiger partial charge in [0.05, 0.1) is 93.6 Å². The maximum Gasteiger partial charge on any atom is 0.344 e. The van der Waals surface area contributed by atoms with Crippen molar-refractivity contribution < 1.29 is 28.5 Å². The molecular weight excluding hydrogens is 915 g/mol. The lowest BCUT2D eigenvalue weighted by atomic mass is 9.92. The number of piperazine rings is 2. The van der Waals surface area contributed by atoms with Crippen LogP contribution >= 0.6 is 34.8 Å². The molecule has 0 spiro atoms. The van der Waals surface area contributed by atoms with Crippen LogP contribution in [0.5, 0.6) is 0 Å². The number of carbonyl (C=O) groups is 2. The average molecular weight is 966 g/mol. The predicted octanol–water partition coefficient (Wildman–Crippen LogP) is 8.85. The summed E-state index contributed by atoms with van der Waals surface area (Å²) in [4.78, 5) is 32.8. The molecule has 17 heteroatoms. The molecule has 6 aromatic rings. The van der Waals surface area contributed by atoms with Crippen molar-refractivity contribution in [3.8, 4) is 0 Å². The fourth-order valence-electron chi connectivity index (χ4n) is 9.79. The van der Waals surface area contributed by atoms with Crippen LogP contribution in [0.4, 0.5) is 9.59 Å². The number of benzene rings is 4. The van der Waals surface area contributed by atoms with E-state index in [0.717, 1.165) is 26.2 Å². The van der Waals surface area contributed by atoms with Gasteiger partial charge in [0.15, 0.2) is 0 Å². The second-order valence-corrected chi connectivity index (χ2v) is 18.7. The Morgan fingerprint density at radius 1 is 0.507 bits per heavy atom. The Morgan fingerprint density at radius 2 is 0.896 bits per heavy atom. The van der Waals surface area contributed by atoms with Gasteiger partial charge in [-0.3, -0.25) is 19.7 Å². The van der Waals surface area contributed by atoms with Crippen molar-refractivity contribution >= 4 is 46.2 Å². The number of nitrogens with zero attached hydrogens (tertiary/aromatic N) is 7. The van der Waals surface area contributed by atoms with E-state index in [1.807, 2.05) is 4.90 Å². The Hall–Kier alpha value is -5.13. The number of amides is 2. The molecule has 2 aromatic heterocycles. The van der Waals surface area contributed by atoms with Crippen LogP contribution in [0.15, 0.2) is 97.6 Å². The molecule has 2 amide bonds. The summed E-state index contributed by atoms with van der Waals surface area (Å²) in [6.07, 6.45) is 6.20. The molecule has 0 aliphatic carbocycles. The molecule has 67 heavy (non-hydrogen) atoms. The molecule has 0 radical (unpaired) electrons. The van der Waals surface area contributed by atoms with E-state index in [9.17, 15) is 9.59 Å². The monoisotopic (exact) mass is 964 g/mol. The molecule has 0 atom stereocenters. The standard InChI is InChI=1S/C25H25ClN4O3.C22H23ClN2O3.C3H3ClN2/c26-23-11-27-30(12-23)25(31)29-7-5-28(6-8-29)24(17-1-3-19-13-32-15-21(19)9-17)18-2-4-20-14-33-16-22(20)10-18;23-22(26)25-7-5-24(6-8-25)21(15-1-3-17-11-27-13-19(17)9-15)16-2-4-18-12-28-14-20(18)10-16;4-3-1-5-6-2-3/h1-4,9-12,24H,5-8,13-16H2;1-4,9-10,21H,5-8,11-14H2;1-2H,(H,5,6). The summed E-state index contributed by atoms with van der Waals surface area (Å²) in [6.45, 7) is 11.2. The number of halogens is 3. The van der Waals surface area contributed by atoms with Gasteiger partial charge in [-0.05, 0) is 78.4 Å². The highest BCUT2D eigenvalue weighted by Crippen LogP contribution is 2.37. The van der Waals surface area contributed by atoms with Gasteiger partial charge in [0, 0.05) is 58.6 Å². The minimum Gasteiger partial charge on any atom is -0.372 e. The number of ether oxygens (including phenoxy) is 4. The van der Waals surface area contributed by atoms with E-state index < -0.39 is 0 Å². The van der Waals surface area contributed by atoms with Crippen LogP contribution in [-0.4, -0.2) is 103 Å². The van der Waals surface area contributed by atoms with Gasteiger partial charge in [-0.25, -0.2) is 4.79 Å². The third-order valence-electron chi connectivity index (χ3n) is 13.3. The zero-order chi connectivity index (χ0) is 45.9. The van der Waals surface area contributed by atoms with Gasteiger partial charge in [-0.1, -0.05) is 96.0 Å². The van der Waals surface area contributed by atoms with E-state index in [1.165, 1.54) is 77.6 Å². The van der Waals surface area contributed by atoms with E-state index in [4.69, 9.17) is 53.8 Å². The zero-order valence-corrected chi connectivity index (χ0v) is 39.2. The van der Waals surface area contributed by atoms with E-state index in [2.05, 4.69) is 97.9 Å². The Kier molecular flexibility index (Phi) is 14.0. The minimum atomic E-state index is -0.361. The SMILES string of the molecule is Clc1cn[nH]c1.O=C(Cl)N1CCN(C(c2ccc3c(c2)COC3)c2ccc3c(c2)COC3)CC1.O=C(N1CCN(C(c2ccc3c(c2)COC3)c2ccc3c(c2)COC3)CC1)n1cc(Cl)cn1. The van der Waals surface area contributed by atoms with Gasteiger partial charge in [-0.15, -0.1) is 0 Å². The third-order valence-corrected chi connectivity index (χ3v) is 14.0. The van der Waals surface area contributed by atoms with Crippen molar-refractivity contribution in [2.24, 2.45) is 0 Å². The summed E-state index contributed by atoms with van der Waals surface area (Å²) in [5.41, 5.74) is 15.3. The molecule has 4 aromatic carbocycles. The van der Waals surface area contributed by atoms with Gasteiger partial charge in [0.25, 0.3) is 0 Å². The molecule has 14 nitrogen and oxygen atoms in total. The van der Waals surface area contributed by atoms with Crippen LogP contribution in [0.3, 0.4) is 0 Å². The first-order chi connectivity index (χ1) is 32.7. The van der Waals surface area contributed by atoms with Crippen molar-refractivity contribution in [2.75, 3.05) is 52.4 Å². The molecule has 2 fully saturated rings. The van der Waals surface area contributed by atoms with Gasteiger partial charge < -0.3 is 28.7 Å². The lowest BCUT2D eigenvalue weighted by Gasteiger charge is -2.39. The Balaban J connectivity index is 0.000000141. The van der Waals surface area contributed by atoms with Crippen molar-refractivity contribution in [1.29, 1.82) is 0 Å². The molecule has 6 aliphatic heterocycles. The minimum absolute atomic E-state index is 0.109. The lowest BCUT2D eigenvalue weighted by Crippen LogP contribution is -2.51. The normalized spacial score (nSPS) is 17.7. The molecule has 0 saturated carbocycles. The van der Waals surface area contributed by atoms with Crippen molar-refractivity contribution in [1.82, 2.24) is 39.6 Å². The number of fused-ring (bicyclic) bond motifs is 4. The van der Waals surface area contributed by atoms with Crippen molar-refractivity contribution in [3.05, 3.63) is 174 Å². The average Bonchev–Trinajstić information content (AvgIpc) is 4.22. The summed E-state index contributed by atoms with van der Waals surface area (Å²) in [6, 6.07) is 27.0. The van der Waals surface area contributed by atoms with Gasteiger partial charge in [0.2, 0.25) is 0 Å². The van der Waals surface area contributed by atoms with E-state index in [1.54, 1.807) is 23.5 Å². The summed E-state index contributed by atoms with van der Waals surface area (Å²) >= 11 is 17.0. The van der Waals surface area contributed by atoms with Crippen LogP contribution in [0.1, 0.15) is 78.8 Å². The first-order valence-corrected chi connectivity index (χ1v) is 23.7. The Labute approximate surface area is 404 Å². The second kappa shape index (κ2) is 20.6. The van der Waals surface area contributed by atoms with Crippen LogP contribution in [-0.2, 0) is 71.8 Å². The lowest BCUT2D eigenvalue weighted by molar-refractivity contribution is 0.119. The molecule has 6 aliphatic rings. The highest BCUT2D eigenvalue weighted by Gasteiger charge is 2.32. The van der Waals surface area contributed by atoms with Gasteiger partial charge in [0.1, 0.15) is 0 Å². The Bertz CT molecular complexity index is 2600. The quantitative estimate of drug-likeness (QED) is 0.128. The van der Waals surface area contributed by atoms with E-state index in [0.29, 0.717) is 89.1 Å². The summed E-state index contributed by atoms with van der Waals surface area (Å²) in [7, 11) is 0. The van der Waals surface area contributed by atoms with Crippen LogP contribution < -0.4 is 0 Å². The smallest absolute Gasteiger partial charge is 0.344 e. The van der Waals surface area contributed by atoms with Gasteiger partial charge in [-0.2, -0.15) is 14.9 Å². The molecule has 8 heterocycles. The number of H-pyrrole nitrogens is 1. The fourth-order valence-corrected chi connectivity index (χ4v) is 10.2. The molecule has 12 rings (SSSR count). The predicted molar refractivity (Wildman–Crippen MR) is 253 cm³/mol. The molecule has 1 N–H and O–H groups in total. The first kappa shape index (κ1) is 45.6. The fraction of sp³-hybridized carbons (Fsp3) is 0.360. The molecule has 2 saturated heterocycles. The highest BCUT2D eigenvalue weighted by atomic mass is 35.5. The first-order valence-electron chi connectivity index (χ1n) is 22.6. The number of aromatic nitrogens is 4. The summed E-state index contributed by atoms with van der Waals surface area (Å²) < 4.78 is 23.8. The number of carbonyl (C=O) groups excluding carboxylic acids is 2. The molecule has 0 unspecified atom stereocenters. The van der Waals surface area contributed by atoms with Crippen molar-refractivity contribution in [2.45, 2.75) is 64.9 Å². The largest absolute Gasteiger partial charge is 0.372 e. The third kappa shape index (κ3) is 10.3. The van der Waals surface area contributed by atoms with Crippen LogP contribution in [0.25, 0.3) is 0 Å². The Morgan fingerprint density at radius 3 is 1.21 bits per heavy atom. The second-order valence-electron chi connectivity index (χ2n) is 17.5. The number of rotatable bonds is 6. The molecular formula is C50H51Cl3N8O6. The number of nitrogens with one attached hydrogen (secondary N) is 1.